The van der Waals surface area contributed by atoms with Gasteiger partial charge in [0.05, 0.1) is 40.5 Å². The maximum atomic E-state index is 13.4. The summed E-state index contributed by atoms with van der Waals surface area (Å²) in [4.78, 5) is 30.4. The first-order valence-corrected chi connectivity index (χ1v) is 10.8. The van der Waals surface area contributed by atoms with Crippen molar-refractivity contribution in [2.24, 2.45) is 0 Å². The summed E-state index contributed by atoms with van der Waals surface area (Å²) in [6.45, 7) is 3.41. The number of rotatable bonds is 5. The van der Waals surface area contributed by atoms with Crippen LogP contribution in [0.5, 0.6) is 0 Å². The Hall–Kier alpha value is -4.72. The summed E-state index contributed by atoms with van der Waals surface area (Å²) < 4.78 is 42.7. The van der Waals surface area contributed by atoms with Crippen molar-refractivity contribution < 1.29 is 18.0 Å². The van der Waals surface area contributed by atoms with Crippen LogP contribution >= 0.6 is 0 Å². The highest BCUT2D eigenvalue weighted by Gasteiger charge is 2.31. The van der Waals surface area contributed by atoms with Crippen molar-refractivity contribution in [3.8, 4) is 28.8 Å². The van der Waals surface area contributed by atoms with Crippen LogP contribution < -0.4 is 10.9 Å². The van der Waals surface area contributed by atoms with Gasteiger partial charge in [0.15, 0.2) is 5.69 Å². The van der Waals surface area contributed by atoms with Crippen molar-refractivity contribution in [2.45, 2.75) is 20.0 Å². The molecule has 0 bridgehead atoms. The van der Waals surface area contributed by atoms with Crippen molar-refractivity contribution in [1.29, 1.82) is 5.26 Å². The van der Waals surface area contributed by atoms with Gasteiger partial charge in [0.1, 0.15) is 5.69 Å². The number of hydrogen-bond donors (Lipinski definition) is 1. The predicted molar refractivity (Wildman–Crippen MR) is 125 cm³/mol. The van der Waals surface area contributed by atoms with E-state index in [-0.39, 0.29) is 23.6 Å². The van der Waals surface area contributed by atoms with Gasteiger partial charge >= 0.3 is 6.18 Å². The van der Waals surface area contributed by atoms with Gasteiger partial charge in [0.2, 0.25) is 0 Å². The molecule has 0 radical (unpaired) electrons. The standard InChI is InChI=1S/C25H19F3N6O2/c1-3-30-23(35)22-24(36)33(19-6-4-5-17(13-19)25(26,27)28)15(2)21(32-22)20-11-12-31-34(20)18-9-7-16(14-29)8-10-18/h4-13H,3H2,1-2H3,(H,30,35). The van der Waals surface area contributed by atoms with Gasteiger partial charge in [-0.2, -0.15) is 23.5 Å². The van der Waals surface area contributed by atoms with E-state index in [1.54, 1.807) is 37.3 Å². The Bertz CT molecular complexity index is 1550. The maximum Gasteiger partial charge on any atom is 0.416 e. The van der Waals surface area contributed by atoms with Gasteiger partial charge < -0.3 is 5.32 Å². The summed E-state index contributed by atoms with van der Waals surface area (Å²) in [5.74, 6) is -0.756. The molecule has 0 unspecified atom stereocenters. The zero-order valence-electron chi connectivity index (χ0n) is 19.2. The molecule has 0 spiro atoms. The highest BCUT2D eigenvalue weighted by atomic mass is 19.4. The number of alkyl halides is 3. The first kappa shape index (κ1) is 24.4. The van der Waals surface area contributed by atoms with Gasteiger partial charge in [-0.1, -0.05) is 6.07 Å². The number of halogens is 3. The largest absolute Gasteiger partial charge is 0.416 e. The molecular weight excluding hydrogens is 473 g/mol. The molecule has 182 valence electrons. The van der Waals surface area contributed by atoms with Gasteiger partial charge in [0.25, 0.3) is 11.5 Å². The van der Waals surface area contributed by atoms with Crippen LogP contribution in [0.2, 0.25) is 0 Å². The number of aromatic nitrogens is 4. The Morgan fingerprint density at radius 1 is 1.11 bits per heavy atom. The van der Waals surface area contributed by atoms with Crippen LogP contribution in [0.15, 0.2) is 65.6 Å². The average molecular weight is 492 g/mol. The van der Waals surface area contributed by atoms with E-state index in [0.717, 1.165) is 16.7 Å². The fourth-order valence-corrected chi connectivity index (χ4v) is 3.74. The maximum absolute atomic E-state index is 13.4. The molecule has 0 aliphatic carbocycles. The number of hydrogen-bond acceptors (Lipinski definition) is 5. The molecule has 2 aromatic heterocycles. The lowest BCUT2D eigenvalue weighted by atomic mass is 10.1. The first-order valence-electron chi connectivity index (χ1n) is 10.8. The summed E-state index contributed by atoms with van der Waals surface area (Å²) in [7, 11) is 0. The quantitative estimate of drug-likeness (QED) is 0.453. The molecule has 1 amide bonds. The molecule has 0 fully saturated rings. The third-order valence-electron chi connectivity index (χ3n) is 5.42. The Balaban J connectivity index is 1.99. The second-order valence-electron chi connectivity index (χ2n) is 7.73. The highest BCUT2D eigenvalue weighted by molar-refractivity contribution is 5.92. The molecule has 8 nitrogen and oxygen atoms in total. The van der Waals surface area contributed by atoms with E-state index in [0.29, 0.717) is 16.9 Å². The molecule has 0 aliphatic heterocycles. The number of nitrogens with zero attached hydrogens (tertiary/aromatic N) is 5. The van der Waals surface area contributed by atoms with Crippen molar-refractivity contribution in [2.75, 3.05) is 6.54 Å². The molecule has 0 saturated heterocycles. The fraction of sp³-hybridized carbons (Fsp3) is 0.160. The van der Waals surface area contributed by atoms with Gasteiger partial charge in [-0.15, -0.1) is 0 Å². The summed E-state index contributed by atoms with van der Waals surface area (Å²) in [6, 6.07) is 14.5. The minimum atomic E-state index is -4.62. The molecule has 1 N–H and O–H groups in total. The molecule has 2 aromatic carbocycles. The van der Waals surface area contributed by atoms with Crippen LogP contribution in [0, 0.1) is 18.3 Å². The molecule has 4 rings (SSSR count). The van der Waals surface area contributed by atoms with Crippen LogP contribution in [0.3, 0.4) is 0 Å². The van der Waals surface area contributed by atoms with Gasteiger partial charge in [-0.05, 0) is 62.4 Å². The molecular formula is C25H19F3N6O2. The lowest BCUT2D eigenvalue weighted by Gasteiger charge is -2.17. The molecule has 36 heavy (non-hydrogen) atoms. The summed E-state index contributed by atoms with van der Waals surface area (Å²) in [5.41, 5.74) is -0.530. The monoisotopic (exact) mass is 492 g/mol. The predicted octanol–water partition coefficient (Wildman–Crippen LogP) is 4.03. The number of nitriles is 1. The van der Waals surface area contributed by atoms with E-state index in [9.17, 15) is 22.8 Å². The number of nitrogens with one attached hydrogen (secondary N) is 1. The first-order chi connectivity index (χ1) is 17.2. The number of carbonyl (C=O) groups excluding carboxylic acids is 1. The van der Waals surface area contributed by atoms with Crippen molar-refractivity contribution >= 4 is 5.91 Å². The van der Waals surface area contributed by atoms with Crippen molar-refractivity contribution in [3.05, 3.63) is 93.7 Å². The normalized spacial score (nSPS) is 11.2. The highest BCUT2D eigenvalue weighted by Crippen LogP contribution is 2.31. The smallest absolute Gasteiger partial charge is 0.351 e. The van der Waals surface area contributed by atoms with Crippen LogP contribution in [0.1, 0.15) is 34.2 Å². The van der Waals surface area contributed by atoms with E-state index in [1.807, 2.05) is 6.07 Å². The van der Waals surface area contributed by atoms with Crippen molar-refractivity contribution in [3.63, 3.8) is 0 Å². The Morgan fingerprint density at radius 3 is 2.47 bits per heavy atom. The van der Waals surface area contributed by atoms with E-state index < -0.39 is 28.9 Å². The molecule has 4 aromatic rings. The van der Waals surface area contributed by atoms with Crippen LogP contribution in [0.4, 0.5) is 13.2 Å². The summed E-state index contributed by atoms with van der Waals surface area (Å²) in [6.07, 6.45) is -3.14. The van der Waals surface area contributed by atoms with E-state index in [2.05, 4.69) is 15.4 Å². The zero-order valence-corrected chi connectivity index (χ0v) is 19.2. The average Bonchev–Trinajstić information content (AvgIpc) is 3.34. The summed E-state index contributed by atoms with van der Waals surface area (Å²) >= 11 is 0. The molecule has 11 heteroatoms. The van der Waals surface area contributed by atoms with Crippen LogP contribution in [0.25, 0.3) is 22.8 Å². The molecule has 0 aliphatic rings. The summed E-state index contributed by atoms with van der Waals surface area (Å²) in [5, 5.41) is 15.9. The second-order valence-corrected chi connectivity index (χ2v) is 7.73. The van der Waals surface area contributed by atoms with Crippen molar-refractivity contribution in [1.82, 2.24) is 24.6 Å². The SMILES string of the molecule is CCNC(=O)c1nc(-c2ccnn2-c2ccc(C#N)cc2)c(C)n(-c2cccc(C(F)(F)F)c2)c1=O. The fourth-order valence-electron chi connectivity index (χ4n) is 3.74. The molecule has 0 atom stereocenters. The second kappa shape index (κ2) is 9.50. The minimum Gasteiger partial charge on any atom is -0.351 e. The number of carbonyl (C=O) groups is 1. The van der Waals surface area contributed by atoms with E-state index in [4.69, 9.17) is 5.26 Å². The van der Waals surface area contributed by atoms with Crippen LogP contribution in [-0.2, 0) is 6.18 Å². The Labute approximate surface area is 203 Å². The lowest BCUT2D eigenvalue weighted by molar-refractivity contribution is -0.137. The topological polar surface area (TPSA) is 106 Å². The zero-order chi connectivity index (χ0) is 26.0. The third-order valence-corrected chi connectivity index (χ3v) is 5.42. The van der Waals surface area contributed by atoms with Gasteiger partial charge in [-0.3, -0.25) is 14.2 Å². The third kappa shape index (κ3) is 4.48. The Morgan fingerprint density at radius 2 is 1.83 bits per heavy atom. The number of benzene rings is 2. The van der Waals surface area contributed by atoms with E-state index in [1.165, 1.54) is 29.9 Å². The number of amides is 1. The van der Waals surface area contributed by atoms with Gasteiger partial charge in [-0.25, -0.2) is 9.67 Å². The lowest BCUT2D eigenvalue weighted by Crippen LogP contribution is -2.35. The molecule has 0 saturated carbocycles. The van der Waals surface area contributed by atoms with Crippen LogP contribution in [-0.4, -0.2) is 31.8 Å². The Kier molecular flexibility index (Phi) is 6.44. The van der Waals surface area contributed by atoms with E-state index >= 15 is 0 Å². The minimum absolute atomic E-state index is 0.0639. The van der Waals surface area contributed by atoms with Gasteiger partial charge in [0, 0.05) is 12.2 Å². The molecule has 2 heterocycles.